The Kier molecular flexibility index (Phi) is 5.67. The van der Waals surface area contributed by atoms with E-state index in [1.165, 1.54) is 11.1 Å². The zero-order valence-electron chi connectivity index (χ0n) is 14.9. The molecule has 0 heterocycles. The van der Waals surface area contributed by atoms with Crippen LogP contribution in [0.3, 0.4) is 0 Å². The minimum Gasteiger partial charge on any atom is -0.449 e. The maximum Gasteiger partial charge on any atom is 0.407 e. The largest absolute Gasteiger partial charge is 0.449 e. The zero-order valence-corrected chi connectivity index (χ0v) is 15.8. The number of alkyl carbamates (subject to hydrolysis) is 1. The summed E-state index contributed by atoms with van der Waals surface area (Å²) in [5.74, 6) is 0.00221. The van der Waals surface area contributed by atoms with Crippen LogP contribution in [-0.4, -0.2) is 23.9 Å². The molecule has 2 atom stereocenters. The van der Waals surface area contributed by atoms with Gasteiger partial charge in [0, 0.05) is 5.92 Å². The van der Waals surface area contributed by atoms with Crippen molar-refractivity contribution in [3.63, 3.8) is 0 Å². The number of thiol groups is 1. The predicted octanol–water partition coefficient (Wildman–Crippen LogP) is 4.40. The van der Waals surface area contributed by atoms with Crippen LogP contribution in [0.5, 0.6) is 0 Å². The van der Waals surface area contributed by atoms with Crippen LogP contribution in [0.25, 0.3) is 11.1 Å². The van der Waals surface area contributed by atoms with E-state index in [0.717, 1.165) is 17.5 Å². The molecule has 2 aromatic carbocycles. The summed E-state index contributed by atoms with van der Waals surface area (Å²) in [6, 6.07) is 15.7. The highest BCUT2D eigenvalue weighted by atomic mass is 32.1. The second kappa shape index (κ2) is 7.96. The molecule has 0 fully saturated rings. The van der Waals surface area contributed by atoms with Gasteiger partial charge in [-0.1, -0.05) is 68.8 Å². The Morgan fingerprint density at radius 2 is 1.62 bits per heavy atom. The first-order valence-corrected chi connectivity index (χ1v) is 9.32. The molecule has 1 aliphatic carbocycles. The molecule has 5 heteroatoms. The van der Waals surface area contributed by atoms with Gasteiger partial charge in [0.1, 0.15) is 12.6 Å². The number of amides is 1. The van der Waals surface area contributed by atoms with Crippen molar-refractivity contribution in [3.05, 3.63) is 59.7 Å². The van der Waals surface area contributed by atoms with E-state index in [1.54, 1.807) is 0 Å². The van der Waals surface area contributed by atoms with E-state index in [1.807, 2.05) is 38.1 Å². The fourth-order valence-electron chi connectivity index (χ4n) is 3.45. The molecule has 3 rings (SSSR count). The molecule has 0 saturated heterocycles. The van der Waals surface area contributed by atoms with E-state index in [4.69, 9.17) is 4.74 Å². The zero-order chi connectivity index (χ0) is 18.7. The van der Waals surface area contributed by atoms with Crippen LogP contribution >= 0.6 is 12.6 Å². The van der Waals surface area contributed by atoms with E-state index in [0.29, 0.717) is 0 Å². The highest BCUT2D eigenvalue weighted by molar-refractivity contribution is 7.96. The number of rotatable bonds is 6. The summed E-state index contributed by atoms with van der Waals surface area (Å²) >= 11 is 3.88. The van der Waals surface area contributed by atoms with Crippen LogP contribution in [0.15, 0.2) is 48.5 Å². The number of ether oxygens (including phenoxy) is 1. The smallest absolute Gasteiger partial charge is 0.407 e. The fourth-order valence-corrected chi connectivity index (χ4v) is 3.77. The lowest BCUT2D eigenvalue weighted by Gasteiger charge is -2.21. The molecule has 1 N–H and O–H groups in total. The van der Waals surface area contributed by atoms with E-state index in [-0.39, 0.29) is 23.6 Å². The van der Waals surface area contributed by atoms with Crippen molar-refractivity contribution in [2.75, 3.05) is 6.61 Å². The van der Waals surface area contributed by atoms with Crippen LogP contribution < -0.4 is 5.32 Å². The van der Waals surface area contributed by atoms with E-state index in [9.17, 15) is 9.59 Å². The normalized spacial score (nSPS) is 14.9. The maximum atomic E-state index is 12.2. The Morgan fingerprint density at radius 1 is 1.08 bits per heavy atom. The van der Waals surface area contributed by atoms with Gasteiger partial charge in [0.25, 0.3) is 0 Å². The van der Waals surface area contributed by atoms with E-state index in [2.05, 4.69) is 42.2 Å². The number of nitrogens with one attached hydrogen (secondary N) is 1. The Morgan fingerprint density at radius 3 is 2.12 bits per heavy atom. The van der Waals surface area contributed by atoms with Crippen LogP contribution in [0.2, 0.25) is 0 Å². The Hall–Kier alpha value is -2.27. The quantitative estimate of drug-likeness (QED) is 0.742. The van der Waals surface area contributed by atoms with Crippen LogP contribution in [0.4, 0.5) is 4.79 Å². The van der Waals surface area contributed by atoms with Crippen LogP contribution in [0.1, 0.15) is 37.3 Å². The minimum absolute atomic E-state index is 0.000447. The third-order valence-corrected chi connectivity index (χ3v) is 5.37. The Bertz CT molecular complexity index is 775. The van der Waals surface area contributed by atoms with Crippen molar-refractivity contribution >= 4 is 23.8 Å². The first kappa shape index (κ1) is 18.5. The number of hydrogen-bond acceptors (Lipinski definition) is 3. The van der Waals surface area contributed by atoms with Crippen molar-refractivity contribution in [1.82, 2.24) is 5.32 Å². The molecule has 1 amide bonds. The minimum atomic E-state index is -0.640. The number of benzene rings is 2. The van der Waals surface area contributed by atoms with Crippen molar-refractivity contribution in [1.29, 1.82) is 0 Å². The molecule has 0 saturated carbocycles. The number of fused-ring (bicyclic) bond motifs is 3. The second-order valence-electron chi connectivity index (χ2n) is 6.67. The monoisotopic (exact) mass is 369 g/mol. The molecule has 26 heavy (non-hydrogen) atoms. The average Bonchev–Trinajstić information content (AvgIpc) is 2.97. The Labute approximate surface area is 159 Å². The number of carbonyl (C=O) groups is 2. The lowest BCUT2D eigenvalue weighted by Crippen LogP contribution is -2.43. The van der Waals surface area contributed by atoms with Crippen molar-refractivity contribution < 1.29 is 14.3 Å². The van der Waals surface area contributed by atoms with Gasteiger partial charge in [0.15, 0.2) is 0 Å². The molecule has 0 bridgehead atoms. The average molecular weight is 369 g/mol. The summed E-state index contributed by atoms with van der Waals surface area (Å²) in [6.07, 6.45) is 0.181. The van der Waals surface area contributed by atoms with Crippen LogP contribution in [-0.2, 0) is 9.53 Å². The second-order valence-corrected chi connectivity index (χ2v) is 7.11. The van der Waals surface area contributed by atoms with Gasteiger partial charge < -0.3 is 10.1 Å². The molecule has 0 unspecified atom stereocenters. The maximum absolute atomic E-state index is 12.2. The summed E-state index contributed by atoms with van der Waals surface area (Å²) in [5.41, 5.74) is 4.68. The molecule has 0 spiro atoms. The molecule has 2 aromatic rings. The van der Waals surface area contributed by atoms with Gasteiger partial charge in [0.05, 0.1) is 0 Å². The topological polar surface area (TPSA) is 55.4 Å². The summed E-state index contributed by atoms with van der Waals surface area (Å²) in [5, 5.41) is 2.30. The highest BCUT2D eigenvalue weighted by Gasteiger charge is 2.30. The fraction of sp³-hybridized carbons (Fsp3) is 0.333. The van der Waals surface area contributed by atoms with Crippen LogP contribution in [0, 0.1) is 5.92 Å². The van der Waals surface area contributed by atoms with Gasteiger partial charge in [-0.2, -0.15) is 0 Å². The van der Waals surface area contributed by atoms with Crippen molar-refractivity contribution in [3.8, 4) is 11.1 Å². The number of carbonyl (C=O) groups excluding carboxylic acids is 2. The van der Waals surface area contributed by atoms with Gasteiger partial charge in [-0.05, 0) is 28.2 Å². The van der Waals surface area contributed by atoms with Gasteiger partial charge in [0.2, 0.25) is 5.12 Å². The molecular formula is C21H23NO3S. The van der Waals surface area contributed by atoms with Gasteiger partial charge >= 0.3 is 6.09 Å². The first-order valence-electron chi connectivity index (χ1n) is 8.87. The standard InChI is InChI=1S/C21H23NO3S/c1-3-13(2)19(20(23)26)22-21(24)25-12-18-16-10-6-4-8-14(16)15-9-5-7-11-17(15)18/h4-11,13,18-19H,3,12H2,1-2H3,(H,22,24)(H,23,26)/t13-,19-/m0/s1. The predicted molar refractivity (Wildman–Crippen MR) is 105 cm³/mol. The van der Waals surface area contributed by atoms with E-state index >= 15 is 0 Å². The first-order chi connectivity index (χ1) is 12.5. The van der Waals surface area contributed by atoms with Crippen molar-refractivity contribution in [2.45, 2.75) is 32.2 Å². The molecule has 0 aliphatic heterocycles. The molecule has 0 aromatic heterocycles. The summed E-state index contributed by atoms with van der Waals surface area (Å²) < 4.78 is 5.48. The van der Waals surface area contributed by atoms with Gasteiger partial charge in [-0.25, -0.2) is 4.79 Å². The van der Waals surface area contributed by atoms with Gasteiger partial charge in [-0.3, -0.25) is 4.79 Å². The van der Waals surface area contributed by atoms with E-state index < -0.39 is 12.1 Å². The third-order valence-electron chi connectivity index (χ3n) is 5.10. The molecular weight excluding hydrogens is 346 g/mol. The number of hydrogen-bond donors (Lipinski definition) is 2. The van der Waals surface area contributed by atoms with Crippen molar-refractivity contribution in [2.24, 2.45) is 5.92 Å². The summed E-state index contributed by atoms with van der Waals surface area (Å²) in [6.45, 7) is 4.10. The lowest BCUT2D eigenvalue weighted by molar-refractivity contribution is -0.113. The summed E-state index contributed by atoms with van der Waals surface area (Å²) in [4.78, 5) is 23.9. The SMILES string of the molecule is CC[C@H](C)[C@H](NC(=O)OCC1c2ccccc2-c2ccccc21)C(=O)S. The van der Waals surface area contributed by atoms with Gasteiger partial charge in [-0.15, -0.1) is 12.6 Å². The molecule has 0 radical (unpaired) electrons. The molecule has 1 aliphatic rings. The molecule has 136 valence electrons. The Balaban J connectivity index is 1.72. The highest BCUT2D eigenvalue weighted by Crippen LogP contribution is 2.44. The summed E-state index contributed by atoms with van der Waals surface area (Å²) in [7, 11) is 0. The third kappa shape index (κ3) is 3.63. The lowest BCUT2D eigenvalue weighted by atomic mass is 9.98. The molecule has 4 nitrogen and oxygen atoms in total.